The molecular weight excluding hydrogens is 554 g/mol. The van der Waals surface area contributed by atoms with Crippen LogP contribution in [0.25, 0.3) is 11.0 Å². The van der Waals surface area contributed by atoms with Crippen LogP contribution in [0.1, 0.15) is 21.8 Å². The second kappa shape index (κ2) is 9.19. The van der Waals surface area contributed by atoms with Crippen molar-refractivity contribution in [1.82, 2.24) is 9.97 Å². The molecule has 0 radical (unpaired) electrons. The first-order valence-electron chi connectivity index (χ1n) is 10.3. The Labute approximate surface area is 224 Å². The van der Waals surface area contributed by atoms with Crippen molar-refractivity contribution in [1.29, 1.82) is 0 Å². The normalized spacial score (nSPS) is 18.3. The standard InChI is InChI=1S/C24H15Cl5N4O2/c25-13-5-12(6-14(26)8-13)19-20(24(19,28)29)23(35)32-15-1-2-18(27)17(9-15)22(34)33-16-7-11-3-4-30-21(11)31-10-16/h1-10,19-20H,(H,30,31)(H,32,35)(H,33,34). The van der Waals surface area contributed by atoms with Crippen molar-refractivity contribution in [2.24, 2.45) is 5.92 Å². The summed E-state index contributed by atoms with van der Waals surface area (Å²) >= 11 is 31.3. The Balaban J connectivity index is 1.33. The van der Waals surface area contributed by atoms with Crippen molar-refractivity contribution in [3.05, 3.63) is 87.1 Å². The number of nitrogens with zero attached hydrogens (tertiary/aromatic N) is 1. The van der Waals surface area contributed by atoms with Crippen molar-refractivity contribution >= 4 is 92.2 Å². The molecule has 4 aromatic rings. The van der Waals surface area contributed by atoms with Crippen LogP contribution in [-0.2, 0) is 4.79 Å². The first-order valence-corrected chi connectivity index (χ1v) is 12.2. The van der Waals surface area contributed by atoms with Gasteiger partial charge in [-0.15, -0.1) is 23.2 Å². The van der Waals surface area contributed by atoms with E-state index in [0.29, 0.717) is 32.6 Å². The number of aromatic amines is 1. The van der Waals surface area contributed by atoms with Crippen LogP contribution >= 0.6 is 58.0 Å². The molecule has 178 valence electrons. The maximum Gasteiger partial charge on any atom is 0.257 e. The van der Waals surface area contributed by atoms with Crippen LogP contribution in [0.2, 0.25) is 15.1 Å². The van der Waals surface area contributed by atoms with Crippen molar-refractivity contribution < 1.29 is 9.59 Å². The molecule has 1 fully saturated rings. The molecule has 0 aliphatic heterocycles. The summed E-state index contributed by atoms with van der Waals surface area (Å²) in [7, 11) is 0. The number of amides is 2. The van der Waals surface area contributed by atoms with Crippen LogP contribution < -0.4 is 10.6 Å². The van der Waals surface area contributed by atoms with E-state index in [1.807, 2.05) is 6.07 Å². The molecule has 2 aromatic heterocycles. The second-order valence-electron chi connectivity index (χ2n) is 8.11. The van der Waals surface area contributed by atoms with Gasteiger partial charge in [-0.3, -0.25) is 9.59 Å². The third-order valence-corrected chi connectivity index (χ3v) is 7.42. The van der Waals surface area contributed by atoms with E-state index >= 15 is 0 Å². The number of aromatic nitrogens is 2. The molecule has 2 atom stereocenters. The van der Waals surface area contributed by atoms with E-state index in [-0.39, 0.29) is 10.6 Å². The van der Waals surface area contributed by atoms with Gasteiger partial charge in [0.05, 0.1) is 28.4 Å². The van der Waals surface area contributed by atoms with E-state index in [4.69, 9.17) is 58.0 Å². The number of carbonyl (C=O) groups is 2. The molecule has 6 nitrogen and oxygen atoms in total. The van der Waals surface area contributed by atoms with Crippen molar-refractivity contribution in [3.8, 4) is 0 Å². The molecule has 3 N–H and O–H groups in total. The van der Waals surface area contributed by atoms with Crippen LogP contribution in [0, 0.1) is 5.92 Å². The number of hydrogen-bond acceptors (Lipinski definition) is 3. The van der Waals surface area contributed by atoms with Gasteiger partial charge in [-0.25, -0.2) is 4.98 Å². The van der Waals surface area contributed by atoms with Crippen LogP contribution in [-0.4, -0.2) is 26.1 Å². The number of carbonyl (C=O) groups excluding carboxylic acids is 2. The number of hydrogen-bond donors (Lipinski definition) is 3. The van der Waals surface area contributed by atoms with Crippen LogP contribution in [0.4, 0.5) is 11.4 Å². The molecule has 0 spiro atoms. The first-order chi connectivity index (χ1) is 16.6. The number of pyridine rings is 1. The van der Waals surface area contributed by atoms with E-state index in [1.165, 1.54) is 18.3 Å². The fourth-order valence-electron chi connectivity index (χ4n) is 4.03. The van der Waals surface area contributed by atoms with Crippen molar-refractivity contribution in [3.63, 3.8) is 0 Å². The highest BCUT2D eigenvalue weighted by molar-refractivity contribution is 6.53. The van der Waals surface area contributed by atoms with Gasteiger partial charge in [0.2, 0.25) is 5.91 Å². The molecule has 2 unspecified atom stereocenters. The monoisotopic (exact) mass is 566 g/mol. The Morgan fingerprint density at radius 2 is 1.66 bits per heavy atom. The molecule has 1 saturated carbocycles. The largest absolute Gasteiger partial charge is 0.346 e. The van der Waals surface area contributed by atoms with Gasteiger partial charge in [-0.2, -0.15) is 0 Å². The molecular formula is C24H15Cl5N4O2. The minimum Gasteiger partial charge on any atom is -0.346 e. The summed E-state index contributed by atoms with van der Waals surface area (Å²) in [5.74, 6) is -2.10. The zero-order valence-electron chi connectivity index (χ0n) is 17.6. The highest BCUT2D eigenvalue weighted by Crippen LogP contribution is 2.65. The molecule has 5 rings (SSSR count). The Bertz CT molecular complexity index is 1470. The van der Waals surface area contributed by atoms with Gasteiger partial charge < -0.3 is 15.6 Å². The van der Waals surface area contributed by atoms with Crippen LogP contribution in [0.5, 0.6) is 0 Å². The lowest BCUT2D eigenvalue weighted by molar-refractivity contribution is -0.117. The fraction of sp³-hybridized carbons (Fsp3) is 0.125. The number of fused-ring (bicyclic) bond motifs is 1. The molecule has 0 saturated heterocycles. The van der Waals surface area contributed by atoms with Gasteiger partial charge >= 0.3 is 0 Å². The fourth-order valence-corrected chi connectivity index (χ4v) is 5.60. The molecule has 35 heavy (non-hydrogen) atoms. The lowest BCUT2D eigenvalue weighted by Gasteiger charge is -2.10. The summed E-state index contributed by atoms with van der Waals surface area (Å²) in [6, 6.07) is 13.2. The average Bonchev–Trinajstić information content (AvgIpc) is 3.11. The topological polar surface area (TPSA) is 86.9 Å². The smallest absolute Gasteiger partial charge is 0.257 e. The van der Waals surface area contributed by atoms with Crippen LogP contribution in [0.15, 0.2) is 60.9 Å². The van der Waals surface area contributed by atoms with Gasteiger partial charge in [0, 0.05) is 33.2 Å². The number of H-pyrrole nitrogens is 1. The van der Waals surface area contributed by atoms with Gasteiger partial charge in [0.15, 0.2) is 0 Å². The minimum absolute atomic E-state index is 0.176. The van der Waals surface area contributed by atoms with E-state index < -0.39 is 28.0 Å². The first kappa shape index (κ1) is 24.2. The van der Waals surface area contributed by atoms with Crippen LogP contribution in [0.3, 0.4) is 0 Å². The van der Waals surface area contributed by atoms with Crippen molar-refractivity contribution in [2.75, 3.05) is 10.6 Å². The summed E-state index contributed by atoms with van der Waals surface area (Å²) in [4.78, 5) is 33.1. The second-order valence-corrected chi connectivity index (χ2v) is 10.8. The number of alkyl halides is 2. The number of rotatable bonds is 5. The van der Waals surface area contributed by atoms with Crippen molar-refractivity contribution in [2.45, 2.75) is 10.3 Å². The lowest BCUT2D eigenvalue weighted by atomic mass is 10.1. The molecule has 1 aliphatic rings. The molecule has 2 aromatic carbocycles. The van der Waals surface area contributed by atoms with Gasteiger partial charge in [0.1, 0.15) is 9.98 Å². The lowest BCUT2D eigenvalue weighted by Crippen LogP contribution is -2.18. The van der Waals surface area contributed by atoms with E-state index in [1.54, 1.807) is 36.5 Å². The third-order valence-electron chi connectivity index (χ3n) is 5.72. The van der Waals surface area contributed by atoms with E-state index in [2.05, 4.69) is 20.6 Å². The summed E-state index contributed by atoms with van der Waals surface area (Å²) in [5, 5.41) is 7.44. The Morgan fingerprint density at radius 3 is 2.40 bits per heavy atom. The molecule has 2 amide bonds. The predicted molar refractivity (Wildman–Crippen MR) is 141 cm³/mol. The van der Waals surface area contributed by atoms with Gasteiger partial charge in [-0.1, -0.05) is 34.8 Å². The number of anilines is 2. The highest BCUT2D eigenvalue weighted by atomic mass is 35.5. The Morgan fingerprint density at radius 1 is 0.914 bits per heavy atom. The number of benzene rings is 2. The van der Waals surface area contributed by atoms with E-state index in [0.717, 1.165) is 5.39 Å². The summed E-state index contributed by atoms with van der Waals surface area (Å²) in [5.41, 5.74) is 2.41. The average molecular weight is 569 g/mol. The van der Waals surface area contributed by atoms with Gasteiger partial charge in [0.25, 0.3) is 5.91 Å². The summed E-state index contributed by atoms with van der Waals surface area (Å²) < 4.78 is -1.32. The molecule has 0 bridgehead atoms. The summed E-state index contributed by atoms with van der Waals surface area (Å²) in [6.07, 6.45) is 3.29. The zero-order valence-corrected chi connectivity index (χ0v) is 21.4. The quantitative estimate of drug-likeness (QED) is 0.221. The minimum atomic E-state index is -1.32. The summed E-state index contributed by atoms with van der Waals surface area (Å²) in [6.45, 7) is 0. The predicted octanol–water partition coefficient (Wildman–Crippen LogP) is 7.30. The Kier molecular flexibility index (Phi) is 6.36. The number of halogens is 5. The maximum atomic E-state index is 13.0. The highest BCUT2D eigenvalue weighted by Gasteiger charge is 2.67. The van der Waals surface area contributed by atoms with Gasteiger partial charge in [-0.05, 0) is 54.1 Å². The molecule has 2 heterocycles. The SMILES string of the molecule is O=C(Nc1cnc2[nH]ccc2c1)c1cc(NC(=O)C2C(c3cc(Cl)cc(Cl)c3)C2(Cl)Cl)ccc1Cl. The zero-order chi connectivity index (χ0) is 24.9. The Hall–Kier alpha value is -2.48. The maximum absolute atomic E-state index is 13.0. The van der Waals surface area contributed by atoms with E-state index in [9.17, 15) is 9.59 Å². The number of nitrogens with one attached hydrogen (secondary N) is 3. The third kappa shape index (κ3) is 4.82. The molecule has 11 heteroatoms. The molecule has 1 aliphatic carbocycles.